The number of unbranched alkanes of at least 4 members (excludes halogenated alkanes) is 7. The molecule has 2 aromatic carbocycles. The van der Waals surface area contributed by atoms with Crippen LogP contribution in [-0.2, 0) is 0 Å². The maximum Gasteiger partial charge on any atom is 0.119 e. The number of hydrogen-bond acceptors (Lipinski definition) is 2. The van der Waals surface area contributed by atoms with Gasteiger partial charge in [-0.05, 0) is 79.2 Å². The van der Waals surface area contributed by atoms with Gasteiger partial charge in [0.2, 0.25) is 0 Å². The zero-order chi connectivity index (χ0) is 24.7. The fourth-order valence-corrected chi connectivity index (χ4v) is 5.64. The second-order valence-electron chi connectivity index (χ2n) is 10.6. The number of ether oxygens (including phenoxy) is 1. The summed E-state index contributed by atoms with van der Waals surface area (Å²) < 4.78 is 5.89. The molecule has 0 saturated heterocycles. The molecule has 35 heavy (non-hydrogen) atoms. The van der Waals surface area contributed by atoms with Crippen molar-refractivity contribution >= 4 is 0 Å². The molecule has 0 N–H and O–H groups in total. The molecule has 2 nitrogen and oxygen atoms in total. The van der Waals surface area contributed by atoms with E-state index in [1.807, 2.05) is 0 Å². The minimum absolute atomic E-state index is 0.267. The first-order valence-electron chi connectivity index (χ1n) is 14.5. The van der Waals surface area contributed by atoms with Crippen LogP contribution < -0.4 is 4.74 Å². The molecule has 1 aliphatic rings. The van der Waals surface area contributed by atoms with E-state index in [-0.39, 0.29) is 5.92 Å². The number of nitriles is 1. The van der Waals surface area contributed by atoms with Crippen LogP contribution >= 0.6 is 0 Å². The van der Waals surface area contributed by atoms with Crippen LogP contribution in [0.15, 0.2) is 48.5 Å². The van der Waals surface area contributed by atoms with E-state index in [0.717, 1.165) is 25.2 Å². The molecule has 0 radical (unpaired) electrons. The van der Waals surface area contributed by atoms with Crippen molar-refractivity contribution in [3.05, 3.63) is 54.1 Å². The second kappa shape index (κ2) is 15.7. The van der Waals surface area contributed by atoms with Crippen LogP contribution in [0.2, 0.25) is 0 Å². The number of hydrogen-bond donors (Lipinski definition) is 0. The predicted octanol–water partition coefficient (Wildman–Crippen LogP) is 10.1. The minimum atomic E-state index is 0.267. The molecule has 1 unspecified atom stereocenters. The van der Waals surface area contributed by atoms with Gasteiger partial charge in [0.05, 0.1) is 12.7 Å². The van der Waals surface area contributed by atoms with Gasteiger partial charge in [-0.2, -0.15) is 5.26 Å². The summed E-state index contributed by atoms with van der Waals surface area (Å²) >= 11 is 0. The van der Waals surface area contributed by atoms with Gasteiger partial charge in [-0.25, -0.2) is 0 Å². The zero-order valence-corrected chi connectivity index (χ0v) is 22.3. The SMILES string of the molecule is CCCCCCCC(C#N)[C@H]1CC[C@H](c2ccc(-c3ccc(OCCCCCC)cc3)cc2)CC1. The first-order chi connectivity index (χ1) is 17.2. The predicted molar refractivity (Wildman–Crippen MR) is 149 cm³/mol. The Balaban J connectivity index is 1.44. The third kappa shape index (κ3) is 9.03. The van der Waals surface area contributed by atoms with E-state index in [0.29, 0.717) is 11.8 Å². The molecule has 2 aromatic rings. The highest BCUT2D eigenvalue weighted by Crippen LogP contribution is 2.40. The molecule has 0 bridgehead atoms. The van der Waals surface area contributed by atoms with Crippen LogP contribution in [0.25, 0.3) is 11.1 Å². The van der Waals surface area contributed by atoms with Crippen molar-refractivity contribution < 1.29 is 4.74 Å². The molecule has 0 amide bonds. The van der Waals surface area contributed by atoms with Crippen LogP contribution in [-0.4, -0.2) is 6.61 Å². The van der Waals surface area contributed by atoms with Crippen molar-refractivity contribution in [1.29, 1.82) is 5.26 Å². The van der Waals surface area contributed by atoms with Crippen LogP contribution in [0.1, 0.15) is 115 Å². The lowest BCUT2D eigenvalue weighted by atomic mass is 9.73. The Morgan fingerprint density at radius 1 is 0.743 bits per heavy atom. The summed E-state index contributed by atoms with van der Waals surface area (Å²) in [7, 11) is 0. The van der Waals surface area contributed by atoms with Gasteiger partial charge in [0.15, 0.2) is 0 Å². The summed E-state index contributed by atoms with van der Waals surface area (Å²) in [5.41, 5.74) is 3.98. The van der Waals surface area contributed by atoms with Gasteiger partial charge in [-0.1, -0.05) is 102 Å². The van der Waals surface area contributed by atoms with Crippen LogP contribution in [0.5, 0.6) is 5.75 Å². The highest BCUT2D eigenvalue weighted by Gasteiger charge is 2.28. The first-order valence-corrected chi connectivity index (χ1v) is 14.5. The van der Waals surface area contributed by atoms with Crippen molar-refractivity contribution in [3.63, 3.8) is 0 Å². The highest BCUT2D eigenvalue weighted by molar-refractivity contribution is 5.64. The zero-order valence-electron chi connectivity index (χ0n) is 22.3. The Kier molecular flexibility index (Phi) is 12.2. The van der Waals surface area contributed by atoms with Gasteiger partial charge < -0.3 is 4.74 Å². The molecule has 2 heteroatoms. The fourth-order valence-electron chi connectivity index (χ4n) is 5.64. The van der Waals surface area contributed by atoms with Crippen molar-refractivity contribution in [2.24, 2.45) is 11.8 Å². The quantitative estimate of drug-likeness (QED) is 0.241. The summed E-state index contributed by atoms with van der Waals surface area (Å²) in [5, 5.41) is 9.74. The Hall–Kier alpha value is -2.27. The molecule has 1 fully saturated rings. The molecule has 0 spiro atoms. The summed E-state index contributed by atoms with van der Waals surface area (Å²) in [6, 6.07) is 20.4. The lowest BCUT2D eigenvalue weighted by molar-refractivity contribution is 0.256. The lowest BCUT2D eigenvalue weighted by Gasteiger charge is -2.31. The number of benzene rings is 2. The molecule has 0 aliphatic heterocycles. The van der Waals surface area contributed by atoms with Crippen LogP contribution in [0.3, 0.4) is 0 Å². The average Bonchev–Trinajstić information content (AvgIpc) is 2.91. The Morgan fingerprint density at radius 3 is 1.91 bits per heavy atom. The van der Waals surface area contributed by atoms with E-state index in [1.54, 1.807) is 0 Å². The van der Waals surface area contributed by atoms with Gasteiger partial charge in [0.25, 0.3) is 0 Å². The Bertz CT molecular complexity index is 855. The van der Waals surface area contributed by atoms with E-state index in [1.165, 1.54) is 93.7 Å². The Labute approximate surface area is 215 Å². The van der Waals surface area contributed by atoms with E-state index in [9.17, 15) is 5.26 Å². The first kappa shape index (κ1) is 27.3. The van der Waals surface area contributed by atoms with Gasteiger partial charge in [-0.15, -0.1) is 0 Å². The van der Waals surface area contributed by atoms with Crippen molar-refractivity contribution in [2.75, 3.05) is 6.61 Å². The maximum absolute atomic E-state index is 9.74. The largest absolute Gasteiger partial charge is 0.494 e. The lowest BCUT2D eigenvalue weighted by Crippen LogP contribution is -2.20. The second-order valence-corrected chi connectivity index (χ2v) is 10.6. The molecular formula is C33H47NO. The van der Waals surface area contributed by atoms with Gasteiger partial charge >= 0.3 is 0 Å². The van der Waals surface area contributed by atoms with E-state index >= 15 is 0 Å². The molecule has 0 heterocycles. The molecule has 1 atom stereocenters. The summed E-state index contributed by atoms with van der Waals surface area (Å²) in [6.07, 6.45) is 17.4. The third-order valence-electron chi connectivity index (χ3n) is 7.96. The van der Waals surface area contributed by atoms with Gasteiger partial charge in [-0.3, -0.25) is 0 Å². The minimum Gasteiger partial charge on any atom is -0.494 e. The Morgan fingerprint density at radius 2 is 1.31 bits per heavy atom. The molecule has 1 saturated carbocycles. The monoisotopic (exact) mass is 473 g/mol. The molecule has 190 valence electrons. The van der Waals surface area contributed by atoms with Crippen molar-refractivity contribution in [1.82, 2.24) is 0 Å². The smallest absolute Gasteiger partial charge is 0.119 e. The highest BCUT2D eigenvalue weighted by atomic mass is 16.5. The standard InChI is InChI=1S/C33H47NO/c1-3-5-7-9-10-12-32(26-34)31-19-17-28(18-20-31)27-13-15-29(16-14-27)30-21-23-33(24-22-30)35-25-11-8-6-4-2/h13-16,21-24,28,31-32H,3-12,17-20,25H2,1-2H3/t28-,31-,32?. The normalized spacial score (nSPS) is 18.7. The van der Waals surface area contributed by atoms with Crippen LogP contribution in [0.4, 0.5) is 0 Å². The van der Waals surface area contributed by atoms with Crippen molar-refractivity contribution in [3.8, 4) is 22.9 Å². The molecular weight excluding hydrogens is 426 g/mol. The van der Waals surface area contributed by atoms with E-state index < -0.39 is 0 Å². The summed E-state index contributed by atoms with van der Waals surface area (Å²) in [5.74, 6) is 2.49. The molecule has 3 rings (SSSR count). The topological polar surface area (TPSA) is 33.0 Å². The number of rotatable bonds is 15. The van der Waals surface area contributed by atoms with Gasteiger partial charge in [0.1, 0.15) is 5.75 Å². The molecule has 1 aliphatic carbocycles. The molecule has 0 aromatic heterocycles. The van der Waals surface area contributed by atoms with Crippen LogP contribution in [0, 0.1) is 23.2 Å². The fraction of sp³-hybridized carbons (Fsp3) is 0.606. The third-order valence-corrected chi connectivity index (χ3v) is 7.96. The van der Waals surface area contributed by atoms with Gasteiger partial charge in [0, 0.05) is 5.92 Å². The van der Waals surface area contributed by atoms with E-state index in [4.69, 9.17) is 4.74 Å². The van der Waals surface area contributed by atoms with Crippen molar-refractivity contribution in [2.45, 2.75) is 110 Å². The number of nitrogens with zero attached hydrogens (tertiary/aromatic N) is 1. The maximum atomic E-state index is 9.74. The average molecular weight is 474 g/mol. The summed E-state index contributed by atoms with van der Waals surface area (Å²) in [6.45, 7) is 5.30. The van der Waals surface area contributed by atoms with E-state index in [2.05, 4.69) is 68.4 Å². The summed E-state index contributed by atoms with van der Waals surface area (Å²) in [4.78, 5) is 0.